The lowest BCUT2D eigenvalue weighted by Gasteiger charge is -2.30. The van der Waals surface area contributed by atoms with Crippen LogP contribution in [0.5, 0.6) is 0 Å². The van der Waals surface area contributed by atoms with Crippen molar-refractivity contribution in [3.63, 3.8) is 0 Å². The fourth-order valence-corrected chi connectivity index (χ4v) is 4.03. The molecule has 0 radical (unpaired) electrons. The standard InChI is InChI=1S/C28H36N2O2/c1-21(27(31)25-14-7-5-8-15-25)29(3)19-23-12-11-13-24(18-23)20-30(4)22(2)28(32)26-16-9-6-10-17-26/h5-18,21-22,27-28,31-32H,19-20H2,1-4H3/t21-,22-,27-,28-/m0/s1. The van der Waals surface area contributed by atoms with E-state index in [1.54, 1.807) is 0 Å². The highest BCUT2D eigenvalue weighted by atomic mass is 16.3. The molecule has 0 saturated carbocycles. The number of aliphatic hydroxyl groups is 2. The Hall–Kier alpha value is -2.50. The monoisotopic (exact) mass is 432 g/mol. The third kappa shape index (κ3) is 6.27. The second-order valence-electron chi connectivity index (χ2n) is 8.84. The number of hydrogen-bond donors (Lipinski definition) is 2. The number of hydrogen-bond acceptors (Lipinski definition) is 4. The van der Waals surface area contributed by atoms with Gasteiger partial charge >= 0.3 is 0 Å². The van der Waals surface area contributed by atoms with Crippen LogP contribution in [0.25, 0.3) is 0 Å². The molecule has 0 unspecified atom stereocenters. The Kier molecular flexibility index (Phi) is 8.60. The molecule has 3 aromatic rings. The predicted molar refractivity (Wildman–Crippen MR) is 131 cm³/mol. The van der Waals surface area contributed by atoms with Crippen LogP contribution in [0, 0.1) is 0 Å². The molecular weight excluding hydrogens is 396 g/mol. The molecule has 0 spiro atoms. The van der Waals surface area contributed by atoms with Gasteiger partial charge in [-0.25, -0.2) is 0 Å². The van der Waals surface area contributed by atoms with Crippen molar-refractivity contribution in [1.29, 1.82) is 0 Å². The van der Waals surface area contributed by atoms with Crippen LogP contribution in [-0.4, -0.2) is 46.2 Å². The fraction of sp³-hybridized carbons (Fsp3) is 0.357. The topological polar surface area (TPSA) is 46.9 Å². The van der Waals surface area contributed by atoms with Crippen LogP contribution in [0.15, 0.2) is 84.9 Å². The first-order valence-corrected chi connectivity index (χ1v) is 11.3. The quantitative estimate of drug-likeness (QED) is 0.483. The normalized spacial score (nSPS) is 15.5. The lowest BCUT2D eigenvalue weighted by atomic mass is 10.0. The molecule has 4 atom stereocenters. The highest BCUT2D eigenvalue weighted by Gasteiger charge is 2.22. The number of aliphatic hydroxyl groups excluding tert-OH is 2. The number of nitrogens with zero attached hydrogens (tertiary/aromatic N) is 2. The van der Waals surface area contributed by atoms with E-state index in [2.05, 4.69) is 47.9 Å². The van der Waals surface area contributed by atoms with Crippen molar-refractivity contribution >= 4 is 0 Å². The molecule has 32 heavy (non-hydrogen) atoms. The summed E-state index contributed by atoms with van der Waals surface area (Å²) in [7, 11) is 4.10. The second kappa shape index (κ2) is 11.4. The van der Waals surface area contributed by atoms with Gasteiger partial charge in [-0.05, 0) is 50.2 Å². The molecule has 4 nitrogen and oxygen atoms in total. The first-order chi connectivity index (χ1) is 15.4. The molecule has 0 amide bonds. The van der Waals surface area contributed by atoms with Crippen molar-refractivity contribution in [2.24, 2.45) is 0 Å². The molecule has 0 heterocycles. The fourth-order valence-electron chi connectivity index (χ4n) is 4.03. The van der Waals surface area contributed by atoms with Crippen molar-refractivity contribution in [3.05, 3.63) is 107 Å². The molecule has 0 fully saturated rings. The van der Waals surface area contributed by atoms with Gasteiger partial charge in [-0.1, -0.05) is 84.9 Å². The summed E-state index contributed by atoms with van der Waals surface area (Å²) in [6, 6.07) is 28.2. The lowest BCUT2D eigenvalue weighted by Crippen LogP contribution is -2.34. The van der Waals surface area contributed by atoms with Gasteiger partial charge in [0.25, 0.3) is 0 Å². The summed E-state index contributed by atoms with van der Waals surface area (Å²) in [5.41, 5.74) is 4.30. The Labute approximate surface area is 192 Å². The van der Waals surface area contributed by atoms with Crippen LogP contribution in [0.3, 0.4) is 0 Å². The predicted octanol–water partition coefficient (Wildman–Crippen LogP) is 4.79. The molecule has 0 bridgehead atoms. The molecule has 0 aliphatic rings. The van der Waals surface area contributed by atoms with E-state index < -0.39 is 12.2 Å². The van der Waals surface area contributed by atoms with Crippen LogP contribution < -0.4 is 0 Å². The summed E-state index contributed by atoms with van der Waals surface area (Å²) in [6.07, 6.45) is -1.06. The molecule has 170 valence electrons. The average molecular weight is 433 g/mol. The van der Waals surface area contributed by atoms with Gasteiger partial charge in [0, 0.05) is 25.2 Å². The van der Waals surface area contributed by atoms with E-state index in [-0.39, 0.29) is 12.1 Å². The molecule has 3 rings (SSSR count). The van der Waals surface area contributed by atoms with Gasteiger partial charge in [-0.2, -0.15) is 0 Å². The molecule has 0 aliphatic carbocycles. The molecule has 0 aromatic heterocycles. The van der Waals surface area contributed by atoms with Crippen molar-refractivity contribution in [2.45, 2.75) is 51.2 Å². The Morgan fingerprint density at radius 3 is 1.34 bits per heavy atom. The molecule has 3 aromatic carbocycles. The van der Waals surface area contributed by atoms with E-state index >= 15 is 0 Å². The summed E-state index contributed by atoms with van der Waals surface area (Å²) in [5, 5.41) is 21.5. The Morgan fingerprint density at radius 2 is 0.969 bits per heavy atom. The van der Waals surface area contributed by atoms with Gasteiger partial charge in [-0.15, -0.1) is 0 Å². The van der Waals surface area contributed by atoms with Gasteiger partial charge in [0.2, 0.25) is 0 Å². The Morgan fingerprint density at radius 1 is 0.594 bits per heavy atom. The van der Waals surface area contributed by atoms with E-state index in [0.717, 1.165) is 24.2 Å². The van der Waals surface area contributed by atoms with Gasteiger partial charge in [-0.3, -0.25) is 9.80 Å². The van der Waals surface area contributed by atoms with Gasteiger partial charge in [0.15, 0.2) is 0 Å². The van der Waals surface area contributed by atoms with Crippen molar-refractivity contribution < 1.29 is 10.2 Å². The minimum absolute atomic E-state index is 0.00947. The van der Waals surface area contributed by atoms with Crippen LogP contribution in [-0.2, 0) is 13.1 Å². The minimum Gasteiger partial charge on any atom is -0.387 e. The highest BCUT2D eigenvalue weighted by Crippen LogP contribution is 2.23. The van der Waals surface area contributed by atoms with Crippen LogP contribution >= 0.6 is 0 Å². The molecule has 0 aliphatic heterocycles. The van der Waals surface area contributed by atoms with Crippen molar-refractivity contribution in [2.75, 3.05) is 14.1 Å². The van der Waals surface area contributed by atoms with Gasteiger partial charge < -0.3 is 10.2 Å². The van der Waals surface area contributed by atoms with Crippen molar-refractivity contribution in [1.82, 2.24) is 9.80 Å². The first-order valence-electron chi connectivity index (χ1n) is 11.3. The smallest absolute Gasteiger partial charge is 0.0942 e. The van der Waals surface area contributed by atoms with E-state index in [4.69, 9.17) is 0 Å². The van der Waals surface area contributed by atoms with Crippen molar-refractivity contribution in [3.8, 4) is 0 Å². The summed E-state index contributed by atoms with van der Waals surface area (Å²) in [4.78, 5) is 4.37. The molecule has 2 N–H and O–H groups in total. The zero-order valence-corrected chi connectivity index (χ0v) is 19.6. The van der Waals surface area contributed by atoms with Gasteiger partial charge in [0.05, 0.1) is 12.2 Å². The summed E-state index contributed by atoms with van der Waals surface area (Å²) < 4.78 is 0. The third-order valence-electron chi connectivity index (χ3n) is 6.44. The van der Waals surface area contributed by atoms with E-state index in [0.29, 0.717) is 0 Å². The minimum atomic E-state index is -0.532. The summed E-state index contributed by atoms with van der Waals surface area (Å²) >= 11 is 0. The number of likely N-dealkylation sites (N-methyl/N-ethyl adjacent to an activating group) is 2. The highest BCUT2D eigenvalue weighted by molar-refractivity contribution is 5.25. The maximum Gasteiger partial charge on any atom is 0.0942 e. The molecule has 0 saturated heterocycles. The van der Waals surface area contributed by atoms with E-state index in [1.165, 1.54) is 11.1 Å². The largest absolute Gasteiger partial charge is 0.387 e. The zero-order chi connectivity index (χ0) is 23.1. The lowest BCUT2D eigenvalue weighted by molar-refractivity contribution is 0.0680. The maximum atomic E-state index is 10.7. The zero-order valence-electron chi connectivity index (χ0n) is 19.6. The van der Waals surface area contributed by atoms with Gasteiger partial charge in [0.1, 0.15) is 0 Å². The first kappa shape index (κ1) is 24.1. The summed E-state index contributed by atoms with van der Waals surface area (Å²) in [5.74, 6) is 0. The van der Waals surface area contributed by atoms with E-state index in [1.807, 2.05) is 74.8 Å². The number of benzene rings is 3. The average Bonchev–Trinajstić information content (AvgIpc) is 2.83. The SMILES string of the molecule is C[C@@H]([C@H](O)c1ccccc1)N(C)Cc1cccc(CN(C)[C@@H](C)[C@H](O)c2ccccc2)c1. The second-order valence-corrected chi connectivity index (χ2v) is 8.84. The summed E-state index contributed by atoms with van der Waals surface area (Å²) in [6.45, 7) is 5.62. The third-order valence-corrected chi connectivity index (χ3v) is 6.44. The van der Waals surface area contributed by atoms with Crippen LogP contribution in [0.4, 0.5) is 0 Å². The Bertz CT molecular complexity index is 873. The molecular formula is C28H36N2O2. The molecule has 4 heteroatoms. The Balaban J connectivity index is 1.61. The maximum absolute atomic E-state index is 10.7. The number of rotatable bonds is 10. The van der Waals surface area contributed by atoms with Crippen LogP contribution in [0.1, 0.15) is 48.3 Å². The van der Waals surface area contributed by atoms with Crippen LogP contribution in [0.2, 0.25) is 0 Å². The van der Waals surface area contributed by atoms with E-state index in [9.17, 15) is 10.2 Å².